The number of aryl methyl sites for hydroxylation is 2. The van der Waals surface area contributed by atoms with Gasteiger partial charge in [-0.1, -0.05) is 47.2 Å². The van der Waals surface area contributed by atoms with E-state index < -0.39 is 5.92 Å². The Bertz CT molecular complexity index is 1200. The molecule has 0 aliphatic carbocycles. The fourth-order valence-electron chi connectivity index (χ4n) is 4.45. The number of carbonyl (C=O) groups is 2. The van der Waals surface area contributed by atoms with Crippen molar-refractivity contribution in [1.29, 1.82) is 0 Å². The largest absolute Gasteiger partial charge is 0.379 e. The summed E-state index contributed by atoms with van der Waals surface area (Å²) in [4.78, 5) is 29.6. The van der Waals surface area contributed by atoms with Gasteiger partial charge in [-0.2, -0.15) is 0 Å². The van der Waals surface area contributed by atoms with Gasteiger partial charge in [0, 0.05) is 49.7 Å². The number of amides is 2. The number of nitrogens with one attached hydrogen (secondary N) is 1. The maximum Gasteiger partial charge on any atom is 0.231 e. The highest BCUT2D eigenvalue weighted by Gasteiger charge is 2.35. The Morgan fingerprint density at radius 2 is 1.75 bits per heavy atom. The Hall–Kier alpha value is -2.85. The number of anilines is 2. The maximum absolute atomic E-state index is 12.9. The summed E-state index contributed by atoms with van der Waals surface area (Å²) in [5, 5.41) is 13.2. The van der Waals surface area contributed by atoms with Crippen LogP contribution in [0.1, 0.15) is 22.6 Å². The third kappa shape index (κ3) is 6.28. The SMILES string of the molecule is O=C(Nc1nnc(CCc2ccc(Cl)cc2)s1)[C@H]1CC(=O)N(c2ccc(CN3CCOCC3)cc2)C1. The molecule has 0 spiro atoms. The van der Waals surface area contributed by atoms with Crippen LogP contribution in [0.4, 0.5) is 10.8 Å². The number of nitrogens with zero attached hydrogens (tertiary/aromatic N) is 4. The van der Waals surface area contributed by atoms with E-state index in [1.54, 1.807) is 4.90 Å². The second-order valence-corrected chi connectivity index (χ2v) is 10.6. The van der Waals surface area contributed by atoms with Crippen LogP contribution in [-0.2, 0) is 33.7 Å². The van der Waals surface area contributed by atoms with Gasteiger partial charge in [0.25, 0.3) is 0 Å². The lowest BCUT2D eigenvalue weighted by Gasteiger charge is -2.26. The van der Waals surface area contributed by atoms with Gasteiger partial charge in [0.1, 0.15) is 5.01 Å². The second-order valence-electron chi connectivity index (χ2n) is 9.08. The molecule has 2 aliphatic heterocycles. The molecule has 3 aromatic rings. The molecule has 1 N–H and O–H groups in total. The van der Waals surface area contributed by atoms with Crippen molar-refractivity contribution in [2.75, 3.05) is 43.1 Å². The molecule has 0 saturated carbocycles. The van der Waals surface area contributed by atoms with Crippen LogP contribution >= 0.6 is 22.9 Å². The first-order valence-electron chi connectivity index (χ1n) is 12.1. The van der Waals surface area contributed by atoms with Gasteiger partial charge in [0.05, 0.1) is 19.1 Å². The Morgan fingerprint density at radius 1 is 1.03 bits per heavy atom. The molecule has 3 heterocycles. The molecule has 2 aliphatic rings. The van der Waals surface area contributed by atoms with E-state index in [2.05, 4.69) is 32.5 Å². The zero-order valence-corrected chi connectivity index (χ0v) is 21.4. The van der Waals surface area contributed by atoms with Crippen molar-refractivity contribution in [2.45, 2.75) is 25.8 Å². The molecule has 1 atom stereocenters. The van der Waals surface area contributed by atoms with Gasteiger partial charge >= 0.3 is 0 Å². The summed E-state index contributed by atoms with van der Waals surface area (Å²) in [5.41, 5.74) is 3.19. The van der Waals surface area contributed by atoms with Crippen molar-refractivity contribution >= 4 is 45.6 Å². The van der Waals surface area contributed by atoms with E-state index in [4.69, 9.17) is 16.3 Å². The molecule has 2 aromatic carbocycles. The summed E-state index contributed by atoms with van der Waals surface area (Å²) in [5.74, 6) is -0.667. The van der Waals surface area contributed by atoms with Crippen LogP contribution in [0.2, 0.25) is 5.02 Å². The van der Waals surface area contributed by atoms with Gasteiger partial charge in [-0.05, 0) is 41.8 Å². The monoisotopic (exact) mass is 525 g/mol. The van der Waals surface area contributed by atoms with Crippen molar-refractivity contribution in [3.63, 3.8) is 0 Å². The predicted octanol–water partition coefficient (Wildman–Crippen LogP) is 3.80. The number of rotatable bonds is 8. The summed E-state index contributed by atoms with van der Waals surface area (Å²) in [6, 6.07) is 15.8. The Kier molecular flexibility index (Phi) is 7.91. The summed E-state index contributed by atoms with van der Waals surface area (Å²) in [6.45, 7) is 4.63. The minimum atomic E-state index is -0.424. The number of carbonyl (C=O) groups excluding carboxylic acids is 2. The van der Waals surface area contributed by atoms with Crippen LogP contribution in [0.25, 0.3) is 0 Å². The number of benzene rings is 2. The number of ether oxygens (including phenoxy) is 1. The number of morpholine rings is 1. The fourth-order valence-corrected chi connectivity index (χ4v) is 5.31. The Morgan fingerprint density at radius 3 is 2.50 bits per heavy atom. The molecular formula is C26H28ClN5O3S. The standard InChI is InChI=1S/C26H28ClN5O3S/c27-21-6-1-18(2-7-21)5-10-23-29-30-26(36-23)28-25(34)20-15-24(33)32(17-20)22-8-3-19(4-9-22)16-31-11-13-35-14-12-31/h1-4,6-9,20H,5,10-17H2,(H,28,30,34)/t20-/m0/s1. The van der Waals surface area contributed by atoms with E-state index in [9.17, 15) is 9.59 Å². The fraction of sp³-hybridized carbons (Fsp3) is 0.385. The predicted molar refractivity (Wildman–Crippen MR) is 140 cm³/mol. The third-order valence-electron chi connectivity index (χ3n) is 6.49. The first-order chi connectivity index (χ1) is 17.5. The first kappa shape index (κ1) is 24.8. The molecule has 5 rings (SSSR count). The zero-order valence-electron chi connectivity index (χ0n) is 19.9. The van der Waals surface area contributed by atoms with E-state index >= 15 is 0 Å². The minimum Gasteiger partial charge on any atom is -0.379 e. The number of hydrogen-bond donors (Lipinski definition) is 1. The normalized spacial score (nSPS) is 18.5. The van der Waals surface area contributed by atoms with Gasteiger partial charge in [-0.3, -0.25) is 14.5 Å². The van der Waals surface area contributed by atoms with Crippen LogP contribution in [0.5, 0.6) is 0 Å². The summed E-state index contributed by atoms with van der Waals surface area (Å²) < 4.78 is 5.41. The van der Waals surface area contributed by atoms with Crippen molar-refractivity contribution in [3.8, 4) is 0 Å². The maximum atomic E-state index is 12.9. The summed E-state index contributed by atoms with van der Waals surface area (Å²) >= 11 is 7.30. The van der Waals surface area contributed by atoms with Crippen LogP contribution < -0.4 is 10.2 Å². The van der Waals surface area contributed by atoms with E-state index in [1.165, 1.54) is 22.5 Å². The number of halogens is 1. The lowest BCUT2D eigenvalue weighted by Crippen LogP contribution is -2.35. The summed E-state index contributed by atoms with van der Waals surface area (Å²) in [7, 11) is 0. The van der Waals surface area contributed by atoms with Crippen LogP contribution in [0, 0.1) is 5.92 Å². The van der Waals surface area contributed by atoms with E-state index in [0.717, 1.165) is 56.4 Å². The van der Waals surface area contributed by atoms with E-state index in [0.29, 0.717) is 16.7 Å². The average molecular weight is 526 g/mol. The topological polar surface area (TPSA) is 87.7 Å². The molecule has 8 nitrogen and oxygen atoms in total. The van der Waals surface area contributed by atoms with Crippen molar-refractivity contribution < 1.29 is 14.3 Å². The lowest BCUT2D eigenvalue weighted by atomic mass is 10.1. The Balaban J connectivity index is 1.12. The molecule has 2 amide bonds. The van der Waals surface area contributed by atoms with Gasteiger partial charge in [0.2, 0.25) is 16.9 Å². The van der Waals surface area contributed by atoms with Gasteiger partial charge < -0.3 is 15.0 Å². The molecule has 0 unspecified atom stereocenters. The number of hydrogen-bond acceptors (Lipinski definition) is 7. The molecule has 36 heavy (non-hydrogen) atoms. The molecule has 2 fully saturated rings. The minimum absolute atomic E-state index is 0.0444. The van der Waals surface area contributed by atoms with Crippen LogP contribution in [-0.4, -0.2) is 59.8 Å². The molecule has 188 valence electrons. The lowest BCUT2D eigenvalue weighted by molar-refractivity contribution is -0.122. The smallest absolute Gasteiger partial charge is 0.231 e. The molecule has 10 heteroatoms. The molecule has 1 aromatic heterocycles. The zero-order chi connectivity index (χ0) is 24.9. The van der Waals surface area contributed by atoms with Crippen molar-refractivity contribution in [1.82, 2.24) is 15.1 Å². The first-order valence-corrected chi connectivity index (χ1v) is 13.3. The molecular weight excluding hydrogens is 498 g/mol. The molecule has 0 bridgehead atoms. The van der Waals surface area contributed by atoms with Gasteiger partial charge in [0.15, 0.2) is 0 Å². The highest BCUT2D eigenvalue weighted by molar-refractivity contribution is 7.15. The molecule has 0 radical (unpaired) electrons. The van der Waals surface area contributed by atoms with E-state index in [1.807, 2.05) is 36.4 Å². The van der Waals surface area contributed by atoms with Gasteiger partial charge in [-0.25, -0.2) is 0 Å². The van der Waals surface area contributed by atoms with Gasteiger partial charge in [-0.15, -0.1) is 10.2 Å². The van der Waals surface area contributed by atoms with Crippen molar-refractivity contribution in [2.24, 2.45) is 5.92 Å². The second kappa shape index (κ2) is 11.5. The van der Waals surface area contributed by atoms with Crippen LogP contribution in [0.3, 0.4) is 0 Å². The third-order valence-corrected chi connectivity index (χ3v) is 7.64. The highest BCUT2D eigenvalue weighted by atomic mass is 35.5. The van der Waals surface area contributed by atoms with Crippen molar-refractivity contribution in [3.05, 3.63) is 69.7 Å². The average Bonchev–Trinajstić information content (AvgIpc) is 3.51. The molecule has 2 saturated heterocycles. The highest BCUT2D eigenvalue weighted by Crippen LogP contribution is 2.27. The summed E-state index contributed by atoms with van der Waals surface area (Å²) in [6.07, 6.45) is 1.73. The van der Waals surface area contributed by atoms with E-state index in [-0.39, 0.29) is 18.2 Å². The quantitative estimate of drug-likeness (QED) is 0.481. The Labute approximate surface area is 219 Å². The number of aromatic nitrogens is 2. The van der Waals surface area contributed by atoms with Crippen LogP contribution in [0.15, 0.2) is 48.5 Å².